The average Bonchev–Trinajstić information content (AvgIpc) is 2.48. The average molecular weight is 297 g/mol. The van der Waals surface area contributed by atoms with Gasteiger partial charge in [0.05, 0.1) is 0 Å². The molecule has 0 radical (unpaired) electrons. The Labute approximate surface area is 126 Å². The van der Waals surface area contributed by atoms with Gasteiger partial charge in [0.25, 0.3) is 0 Å². The Kier molecular flexibility index (Phi) is 5.08. The number of piperidine rings is 1. The number of likely N-dealkylation sites (tertiary alicyclic amines) is 1. The van der Waals surface area contributed by atoms with Gasteiger partial charge < -0.3 is 19.8 Å². The van der Waals surface area contributed by atoms with Crippen LogP contribution in [0.5, 0.6) is 0 Å². The zero-order chi connectivity index (χ0) is 15.6. The predicted molar refractivity (Wildman–Crippen MR) is 80.2 cm³/mol. The molecule has 120 valence electrons. The minimum atomic E-state index is -0.872. The lowest BCUT2D eigenvalue weighted by Gasteiger charge is -2.43. The lowest BCUT2D eigenvalue weighted by atomic mass is 9.89. The summed E-state index contributed by atoms with van der Waals surface area (Å²) in [6.45, 7) is 6.95. The van der Waals surface area contributed by atoms with E-state index in [1.165, 1.54) is 0 Å². The molecule has 6 nitrogen and oxygen atoms in total. The van der Waals surface area contributed by atoms with Crippen LogP contribution in [0.2, 0.25) is 0 Å². The fourth-order valence-corrected chi connectivity index (χ4v) is 3.28. The van der Waals surface area contributed by atoms with Crippen LogP contribution in [0, 0.1) is 5.92 Å². The molecule has 2 heterocycles. The number of aliphatic carboxylic acids is 1. The van der Waals surface area contributed by atoms with Crippen molar-refractivity contribution >= 4 is 12.0 Å². The van der Waals surface area contributed by atoms with E-state index in [2.05, 4.69) is 25.8 Å². The van der Waals surface area contributed by atoms with Crippen LogP contribution in [-0.4, -0.2) is 77.1 Å². The van der Waals surface area contributed by atoms with Crippen molar-refractivity contribution in [2.75, 3.05) is 33.2 Å². The summed E-state index contributed by atoms with van der Waals surface area (Å²) in [6, 6.07) is -0.442. The minimum Gasteiger partial charge on any atom is -0.480 e. The number of carboxylic acid groups (broad SMARTS) is 1. The fraction of sp³-hybridized carbons (Fsp3) is 0.867. The third-order valence-electron chi connectivity index (χ3n) is 5.05. The van der Waals surface area contributed by atoms with Crippen molar-refractivity contribution in [2.24, 2.45) is 5.92 Å². The molecular formula is C15H27N3O3. The summed E-state index contributed by atoms with van der Waals surface area (Å²) in [4.78, 5) is 29.8. The standard InChI is InChI=1S/C15H27N3O3/c1-4-12-5-6-18(13(9-12)14(19)20)15(21)17-8-7-16(3)11(2)10-17/h11-13H,4-10H2,1-3H3,(H,19,20). The molecule has 0 saturated carbocycles. The van der Waals surface area contributed by atoms with Crippen LogP contribution < -0.4 is 0 Å². The normalized spacial score (nSPS) is 31.3. The van der Waals surface area contributed by atoms with E-state index in [9.17, 15) is 14.7 Å². The second-order valence-corrected chi connectivity index (χ2v) is 6.40. The first-order valence-electron chi connectivity index (χ1n) is 7.92. The number of urea groups is 1. The summed E-state index contributed by atoms with van der Waals surface area (Å²) in [5, 5.41) is 9.44. The molecule has 2 rings (SSSR count). The van der Waals surface area contributed by atoms with Gasteiger partial charge in [-0.05, 0) is 32.7 Å². The number of hydrogen-bond donors (Lipinski definition) is 1. The lowest BCUT2D eigenvalue weighted by Crippen LogP contribution is -2.59. The van der Waals surface area contributed by atoms with Crippen LogP contribution in [-0.2, 0) is 4.79 Å². The highest BCUT2D eigenvalue weighted by Gasteiger charge is 2.38. The molecule has 0 spiro atoms. The maximum atomic E-state index is 12.7. The van der Waals surface area contributed by atoms with E-state index in [1.54, 1.807) is 4.90 Å². The second kappa shape index (κ2) is 6.64. The number of nitrogens with zero attached hydrogens (tertiary/aromatic N) is 3. The van der Waals surface area contributed by atoms with Crippen LogP contribution >= 0.6 is 0 Å². The van der Waals surface area contributed by atoms with Gasteiger partial charge in [-0.25, -0.2) is 9.59 Å². The Morgan fingerprint density at radius 2 is 1.95 bits per heavy atom. The summed E-state index contributed by atoms with van der Waals surface area (Å²) in [6.07, 6.45) is 2.48. The molecule has 0 bridgehead atoms. The van der Waals surface area contributed by atoms with Crippen LogP contribution in [0.15, 0.2) is 0 Å². The number of likely N-dealkylation sites (N-methyl/N-ethyl adjacent to an activating group) is 1. The number of hydrogen-bond acceptors (Lipinski definition) is 3. The van der Waals surface area contributed by atoms with Gasteiger partial charge in [-0.15, -0.1) is 0 Å². The van der Waals surface area contributed by atoms with Crippen molar-refractivity contribution in [2.45, 2.75) is 45.2 Å². The van der Waals surface area contributed by atoms with Gasteiger partial charge in [0.15, 0.2) is 0 Å². The number of amides is 2. The van der Waals surface area contributed by atoms with Gasteiger partial charge in [0.1, 0.15) is 6.04 Å². The van der Waals surface area contributed by atoms with E-state index < -0.39 is 12.0 Å². The van der Waals surface area contributed by atoms with Gasteiger partial charge in [0, 0.05) is 32.2 Å². The molecule has 0 aliphatic carbocycles. The Morgan fingerprint density at radius 3 is 2.52 bits per heavy atom. The molecule has 0 aromatic carbocycles. The Morgan fingerprint density at radius 1 is 1.24 bits per heavy atom. The van der Waals surface area contributed by atoms with Gasteiger partial charge in [0.2, 0.25) is 0 Å². The summed E-state index contributed by atoms with van der Waals surface area (Å²) in [5.74, 6) is -0.453. The third-order valence-corrected chi connectivity index (χ3v) is 5.05. The molecule has 2 amide bonds. The first kappa shape index (κ1) is 16.1. The van der Waals surface area contributed by atoms with E-state index in [0.29, 0.717) is 38.0 Å². The second-order valence-electron chi connectivity index (χ2n) is 6.40. The van der Waals surface area contributed by atoms with Crippen LogP contribution in [0.4, 0.5) is 4.79 Å². The Hall–Kier alpha value is -1.30. The van der Waals surface area contributed by atoms with Crippen molar-refractivity contribution in [1.82, 2.24) is 14.7 Å². The zero-order valence-corrected chi connectivity index (χ0v) is 13.3. The van der Waals surface area contributed by atoms with Crippen molar-refractivity contribution in [3.05, 3.63) is 0 Å². The van der Waals surface area contributed by atoms with E-state index in [1.807, 2.05) is 4.90 Å². The van der Waals surface area contributed by atoms with Crippen LogP contribution in [0.1, 0.15) is 33.1 Å². The Bertz CT molecular complexity index is 402. The van der Waals surface area contributed by atoms with Gasteiger partial charge in [-0.3, -0.25) is 0 Å². The summed E-state index contributed by atoms with van der Waals surface area (Å²) in [7, 11) is 2.05. The molecule has 3 unspecified atom stereocenters. The van der Waals surface area contributed by atoms with E-state index in [4.69, 9.17) is 0 Å². The molecule has 1 N–H and O–H groups in total. The topological polar surface area (TPSA) is 64.1 Å². The van der Waals surface area contributed by atoms with Gasteiger partial charge >= 0.3 is 12.0 Å². The number of carbonyl (C=O) groups excluding carboxylic acids is 1. The monoisotopic (exact) mass is 297 g/mol. The first-order chi connectivity index (χ1) is 9.93. The van der Waals surface area contributed by atoms with Crippen LogP contribution in [0.3, 0.4) is 0 Å². The van der Waals surface area contributed by atoms with Crippen molar-refractivity contribution in [1.29, 1.82) is 0 Å². The quantitative estimate of drug-likeness (QED) is 0.835. The molecule has 0 aromatic heterocycles. The third kappa shape index (κ3) is 3.48. The molecule has 3 atom stereocenters. The highest BCUT2D eigenvalue weighted by Crippen LogP contribution is 2.27. The van der Waals surface area contributed by atoms with Crippen molar-refractivity contribution < 1.29 is 14.7 Å². The summed E-state index contributed by atoms with van der Waals surface area (Å²) >= 11 is 0. The largest absolute Gasteiger partial charge is 0.480 e. The number of carbonyl (C=O) groups is 2. The molecular weight excluding hydrogens is 270 g/mol. The Balaban J connectivity index is 2.05. The molecule has 2 aliphatic heterocycles. The first-order valence-corrected chi connectivity index (χ1v) is 7.92. The molecule has 2 saturated heterocycles. The molecule has 21 heavy (non-hydrogen) atoms. The molecule has 2 aliphatic rings. The highest BCUT2D eigenvalue weighted by molar-refractivity contribution is 5.83. The zero-order valence-electron chi connectivity index (χ0n) is 13.3. The predicted octanol–water partition coefficient (Wildman–Crippen LogP) is 1.32. The smallest absolute Gasteiger partial charge is 0.326 e. The van der Waals surface area contributed by atoms with Gasteiger partial charge in [-0.2, -0.15) is 0 Å². The summed E-state index contributed by atoms with van der Waals surface area (Å²) in [5.41, 5.74) is 0. The SMILES string of the molecule is CCC1CCN(C(=O)N2CCN(C)C(C)C2)C(C(=O)O)C1. The minimum absolute atomic E-state index is 0.100. The number of rotatable bonds is 2. The molecule has 6 heteroatoms. The lowest BCUT2D eigenvalue weighted by molar-refractivity contribution is -0.144. The number of carboxylic acids is 1. The fourth-order valence-electron chi connectivity index (χ4n) is 3.28. The van der Waals surface area contributed by atoms with Crippen molar-refractivity contribution in [3.8, 4) is 0 Å². The van der Waals surface area contributed by atoms with Crippen molar-refractivity contribution in [3.63, 3.8) is 0 Å². The molecule has 0 aromatic rings. The van der Waals surface area contributed by atoms with E-state index in [-0.39, 0.29) is 6.03 Å². The maximum Gasteiger partial charge on any atom is 0.326 e. The highest BCUT2D eigenvalue weighted by atomic mass is 16.4. The molecule has 2 fully saturated rings. The van der Waals surface area contributed by atoms with Crippen LogP contribution in [0.25, 0.3) is 0 Å². The maximum absolute atomic E-state index is 12.7. The number of piperazine rings is 1. The van der Waals surface area contributed by atoms with Gasteiger partial charge in [-0.1, -0.05) is 13.3 Å². The van der Waals surface area contributed by atoms with E-state index >= 15 is 0 Å². The van der Waals surface area contributed by atoms with E-state index in [0.717, 1.165) is 19.4 Å². The summed E-state index contributed by atoms with van der Waals surface area (Å²) < 4.78 is 0.